The molecule has 5 rings (SSSR count). The number of hydrogen-bond donors (Lipinski definition) is 1. The predicted octanol–water partition coefficient (Wildman–Crippen LogP) is 1.87. The molecule has 2 aromatic rings. The van der Waals surface area contributed by atoms with E-state index in [1.165, 1.54) is 10.5 Å². The number of carboxylic acids is 1. The van der Waals surface area contributed by atoms with Crippen LogP contribution in [0.15, 0.2) is 53.9 Å². The van der Waals surface area contributed by atoms with Crippen molar-refractivity contribution in [2.24, 2.45) is 0 Å². The maximum atomic E-state index is 12.4. The summed E-state index contributed by atoms with van der Waals surface area (Å²) in [6.07, 6.45) is 5.97. The van der Waals surface area contributed by atoms with E-state index in [0.717, 1.165) is 37.7 Å². The molecule has 3 aliphatic heterocycles. The standard InChI is InChI=1S/C21H20N4O3/c26-20-16(17-6-7-18(21(27)28)25(17)20)10-15-12-24-9-8-23(13-19(24)22-15)11-14-4-2-1-3-5-14/h1-5,7,10,12,17H,6,8-9,11,13H2,(H,27,28). The van der Waals surface area contributed by atoms with E-state index < -0.39 is 5.97 Å². The first-order valence-corrected chi connectivity index (χ1v) is 9.41. The number of imidazole rings is 1. The third-order valence-corrected chi connectivity index (χ3v) is 5.60. The Morgan fingerprint density at radius 1 is 1.25 bits per heavy atom. The molecule has 0 spiro atoms. The van der Waals surface area contributed by atoms with E-state index in [-0.39, 0.29) is 17.6 Å². The lowest BCUT2D eigenvalue weighted by molar-refractivity contribution is -0.142. The highest BCUT2D eigenvalue weighted by atomic mass is 16.4. The van der Waals surface area contributed by atoms with Crippen LogP contribution >= 0.6 is 0 Å². The van der Waals surface area contributed by atoms with Gasteiger partial charge in [-0.15, -0.1) is 0 Å². The summed E-state index contributed by atoms with van der Waals surface area (Å²) < 4.78 is 2.14. The molecular formula is C21H20N4O3. The van der Waals surface area contributed by atoms with E-state index in [1.54, 1.807) is 6.08 Å². The van der Waals surface area contributed by atoms with Crippen molar-refractivity contribution in [1.82, 2.24) is 19.4 Å². The van der Waals surface area contributed by atoms with Crippen LogP contribution in [0.3, 0.4) is 0 Å². The van der Waals surface area contributed by atoms with Crippen molar-refractivity contribution >= 4 is 18.0 Å². The number of fused-ring (bicyclic) bond motifs is 2. The number of carbonyl (C=O) groups excluding carboxylic acids is 1. The van der Waals surface area contributed by atoms with E-state index in [1.807, 2.05) is 18.3 Å². The number of carbonyl (C=O) groups is 2. The van der Waals surface area contributed by atoms with E-state index in [4.69, 9.17) is 10.1 Å². The van der Waals surface area contributed by atoms with Crippen LogP contribution in [0.25, 0.3) is 6.08 Å². The Labute approximate surface area is 162 Å². The van der Waals surface area contributed by atoms with Crippen LogP contribution in [-0.4, -0.2) is 48.9 Å². The summed E-state index contributed by atoms with van der Waals surface area (Å²) in [5.41, 5.74) is 2.79. The molecule has 0 aliphatic carbocycles. The van der Waals surface area contributed by atoms with Gasteiger partial charge in [0.05, 0.1) is 18.3 Å². The minimum atomic E-state index is -1.05. The highest BCUT2D eigenvalue weighted by Crippen LogP contribution is 2.39. The largest absolute Gasteiger partial charge is 0.477 e. The highest BCUT2D eigenvalue weighted by Gasteiger charge is 2.48. The zero-order valence-electron chi connectivity index (χ0n) is 15.3. The molecule has 1 saturated heterocycles. The lowest BCUT2D eigenvalue weighted by Gasteiger charge is -2.38. The number of rotatable bonds is 4. The van der Waals surface area contributed by atoms with Crippen LogP contribution in [0.5, 0.6) is 0 Å². The fourth-order valence-electron chi connectivity index (χ4n) is 4.21. The minimum absolute atomic E-state index is 0.0906. The molecule has 1 fully saturated rings. The van der Waals surface area contributed by atoms with Gasteiger partial charge in [0.2, 0.25) is 0 Å². The molecule has 1 unspecified atom stereocenters. The second-order valence-corrected chi connectivity index (χ2v) is 7.39. The fourth-order valence-corrected chi connectivity index (χ4v) is 4.21. The molecule has 4 heterocycles. The predicted molar refractivity (Wildman–Crippen MR) is 102 cm³/mol. The average Bonchev–Trinajstić information content (AvgIpc) is 3.28. The Morgan fingerprint density at radius 2 is 2.07 bits per heavy atom. The molecule has 1 amide bonds. The summed E-state index contributed by atoms with van der Waals surface area (Å²) in [6, 6.07) is 10.2. The molecule has 7 heteroatoms. The quantitative estimate of drug-likeness (QED) is 0.651. The lowest BCUT2D eigenvalue weighted by atomic mass is 9.94. The van der Waals surface area contributed by atoms with Crippen molar-refractivity contribution in [2.45, 2.75) is 32.1 Å². The number of aromatic nitrogens is 2. The van der Waals surface area contributed by atoms with Crippen molar-refractivity contribution in [3.05, 3.63) is 71.0 Å². The average molecular weight is 376 g/mol. The molecule has 1 N–H and O–H groups in total. The van der Waals surface area contributed by atoms with Crippen LogP contribution in [0.2, 0.25) is 0 Å². The Kier molecular flexibility index (Phi) is 3.91. The maximum absolute atomic E-state index is 12.4. The first-order valence-electron chi connectivity index (χ1n) is 9.41. The van der Waals surface area contributed by atoms with Crippen molar-refractivity contribution in [2.75, 3.05) is 6.54 Å². The number of benzene rings is 1. The van der Waals surface area contributed by atoms with Gasteiger partial charge in [-0.05, 0) is 18.1 Å². The first-order chi connectivity index (χ1) is 13.6. The number of amides is 1. The molecule has 0 radical (unpaired) electrons. The van der Waals surface area contributed by atoms with Gasteiger partial charge in [-0.3, -0.25) is 14.6 Å². The first kappa shape index (κ1) is 16.9. The second-order valence-electron chi connectivity index (χ2n) is 7.39. The smallest absolute Gasteiger partial charge is 0.352 e. The van der Waals surface area contributed by atoms with Gasteiger partial charge >= 0.3 is 5.97 Å². The van der Waals surface area contributed by atoms with Crippen LogP contribution < -0.4 is 0 Å². The molecule has 1 aromatic carbocycles. The van der Waals surface area contributed by atoms with Gasteiger partial charge in [0, 0.05) is 31.4 Å². The molecule has 1 aromatic heterocycles. The van der Waals surface area contributed by atoms with Crippen molar-refractivity contribution < 1.29 is 14.7 Å². The topological polar surface area (TPSA) is 78.7 Å². The highest BCUT2D eigenvalue weighted by molar-refractivity contribution is 6.10. The number of hydrogen-bond acceptors (Lipinski definition) is 4. The minimum Gasteiger partial charge on any atom is -0.477 e. The molecule has 1 atom stereocenters. The Morgan fingerprint density at radius 3 is 2.86 bits per heavy atom. The maximum Gasteiger partial charge on any atom is 0.352 e. The molecule has 0 bridgehead atoms. The van der Waals surface area contributed by atoms with Gasteiger partial charge in [-0.25, -0.2) is 9.78 Å². The summed E-state index contributed by atoms with van der Waals surface area (Å²) >= 11 is 0. The van der Waals surface area contributed by atoms with Gasteiger partial charge in [-0.1, -0.05) is 36.4 Å². The number of nitrogens with zero attached hydrogens (tertiary/aromatic N) is 4. The van der Waals surface area contributed by atoms with Crippen LogP contribution in [0.4, 0.5) is 0 Å². The molecular weight excluding hydrogens is 356 g/mol. The summed E-state index contributed by atoms with van der Waals surface area (Å²) in [5, 5.41) is 9.17. The van der Waals surface area contributed by atoms with E-state index in [9.17, 15) is 9.59 Å². The van der Waals surface area contributed by atoms with Gasteiger partial charge in [0.15, 0.2) is 0 Å². The van der Waals surface area contributed by atoms with Crippen molar-refractivity contribution in [1.29, 1.82) is 0 Å². The van der Waals surface area contributed by atoms with Crippen molar-refractivity contribution in [3.63, 3.8) is 0 Å². The fraction of sp³-hybridized carbons (Fsp3) is 0.286. The molecule has 28 heavy (non-hydrogen) atoms. The monoisotopic (exact) mass is 376 g/mol. The Bertz CT molecular complexity index is 1020. The van der Waals surface area contributed by atoms with E-state index in [0.29, 0.717) is 12.0 Å². The molecule has 3 aliphatic rings. The molecule has 142 valence electrons. The zero-order chi connectivity index (χ0) is 19.3. The SMILES string of the molecule is O=C(O)C1=CCC2C(=Cc3cn4c(n3)CN(Cc3ccccc3)CC4)C(=O)N12. The van der Waals surface area contributed by atoms with Gasteiger partial charge < -0.3 is 9.67 Å². The number of carboxylic acid groups (broad SMARTS) is 1. The van der Waals surface area contributed by atoms with Crippen LogP contribution in [0, 0.1) is 0 Å². The summed E-state index contributed by atoms with van der Waals surface area (Å²) in [6.45, 7) is 3.48. The normalized spacial score (nSPS) is 22.6. The van der Waals surface area contributed by atoms with E-state index in [2.05, 4.69) is 33.7 Å². The zero-order valence-corrected chi connectivity index (χ0v) is 15.3. The van der Waals surface area contributed by atoms with Gasteiger partial charge in [0.25, 0.3) is 5.91 Å². The number of aliphatic carboxylic acids is 1. The second kappa shape index (κ2) is 6.45. The van der Waals surface area contributed by atoms with Crippen LogP contribution in [0.1, 0.15) is 23.5 Å². The third-order valence-electron chi connectivity index (χ3n) is 5.60. The Hall–Kier alpha value is -3.19. The van der Waals surface area contributed by atoms with Crippen molar-refractivity contribution in [3.8, 4) is 0 Å². The summed E-state index contributed by atoms with van der Waals surface area (Å²) in [4.78, 5) is 32.0. The van der Waals surface area contributed by atoms with Crippen LogP contribution in [-0.2, 0) is 29.2 Å². The van der Waals surface area contributed by atoms with Gasteiger partial charge in [-0.2, -0.15) is 0 Å². The summed E-state index contributed by atoms with van der Waals surface area (Å²) in [5.74, 6) is -0.285. The number of β-lactam (4-membered cyclic amide) rings is 1. The molecule has 7 nitrogen and oxygen atoms in total. The third kappa shape index (κ3) is 2.75. The van der Waals surface area contributed by atoms with E-state index >= 15 is 0 Å². The molecule has 0 saturated carbocycles. The summed E-state index contributed by atoms with van der Waals surface area (Å²) in [7, 11) is 0. The van der Waals surface area contributed by atoms with Gasteiger partial charge in [0.1, 0.15) is 11.5 Å². The lowest BCUT2D eigenvalue weighted by Crippen LogP contribution is -2.52. The Balaban J connectivity index is 1.30.